The summed E-state index contributed by atoms with van der Waals surface area (Å²) in [5.41, 5.74) is 0.746. The first kappa shape index (κ1) is 14.2. The molecule has 0 bridgehead atoms. The van der Waals surface area contributed by atoms with E-state index in [9.17, 15) is 9.90 Å². The molecule has 1 heterocycles. The van der Waals surface area contributed by atoms with Crippen LogP contribution in [0.5, 0.6) is 11.5 Å². The van der Waals surface area contributed by atoms with Gasteiger partial charge in [-0.1, -0.05) is 43.3 Å². The van der Waals surface area contributed by atoms with E-state index in [0.29, 0.717) is 18.0 Å². The predicted octanol–water partition coefficient (Wildman–Crippen LogP) is 3.95. The van der Waals surface area contributed by atoms with Gasteiger partial charge in [-0.05, 0) is 18.6 Å². The van der Waals surface area contributed by atoms with E-state index in [0.717, 1.165) is 12.0 Å². The lowest BCUT2D eigenvalue weighted by Crippen LogP contribution is -2.11. The van der Waals surface area contributed by atoms with Crippen molar-refractivity contribution >= 4 is 11.0 Å². The summed E-state index contributed by atoms with van der Waals surface area (Å²) < 4.78 is 11.5. The highest BCUT2D eigenvalue weighted by Crippen LogP contribution is 2.33. The normalized spacial score (nSPS) is 10.8. The minimum atomic E-state index is -0.355. The first-order chi connectivity index (χ1) is 10.7. The number of phenols is 1. The molecule has 4 nitrogen and oxygen atoms in total. The Morgan fingerprint density at radius 1 is 1.09 bits per heavy atom. The lowest BCUT2D eigenvalue weighted by molar-refractivity contribution is 0.308. The maximum absolute atomic E-state index is 12.7. The number of hydrogen-bond donors (Lipinski definition) is 1. The number of aromatic hydroxyl groups is 1. The lowest BCUT2D eigenvalue weighted by atomic mass is 10.1. The van der Waals surface area contributed by atoms with Gasteiger partial charge in [0.1, 0.15) is 16.7 Å². The topological polar surface area (TPSA) is 59.7 Å². The number of fused-ring (bicyclic) bond motifs is 1. The van der Waals surface area contributed by atoms with Gasteiger partial charge in [0.2, 0.25) is 11.2 Å². The fraction of sp³-hybridized carbons (Fsp3) is 0.167. The monoisotopic (exact) mass is 296 g/mol. The molecule has 1 N–H and O–H groups in total. The molecule has 0 saturated carbocycles. The molecule has 0 saturated heterocycles. The maximum atomic E-state index is 12.7. The summed E-state index contributed by atoms with van der Waals surface area (Å²) >= 11 is 0. The zero-order chi connectivity index (χ0) is 15.5. The lowest BCUT2D eigenvalue weighted by Gasteiger charge is -2.11. The zero-order valence-electron chi connectivity index (χ0n) is 12.2. The summed E-state index contributed by atoms with van der Waals surface area (Å²) in [5.74, 6) is 0.423. The summed E-state index contributed by atoms with van der Waals surface area (Å²) in [4.78, 5) is 12.7. The molecule has 3 aromatic rings. The van der Waals surface area contributed by atoms with E-state index in [1.807, 2.05) is 37.3 Å². The van der Waals surface area contributed by atoms with Gasteiger partial charge in [-0.15, -0.1) is 0 Å². The number of benzene rings is 2. The summed E-state index contributed by atoms with van der Waals surface area (Å²) in [5, 5.41) is 10.1. The molecule has 112 valence electrons. The Bertz CT molecular complexity index is 850. The number of phenolic OH excluding ortho intramolecular Hbond substituents is 1. The van der Waals surface area contributed by atoms with Crippen molar-refractivity contribution in [1.29, 1.82) is 0 Å². The smallest absolute Gasteiger partial charge is 0.239 e. The van der Waals surface area contributed by atoms with Gasteiger partial charge in [0.15, 0.2) is 5.76 Å². The molecule has 0 aliphatic heterocycles. The van der Waals surface area contributed by atoms with Gasteiger partial charge in [0.25, 0.3) is 0 Å². The van der Waals surface area contributed by atoms with E-state index in [1.54, 1.807) is 12.1 Å². The maximum Gasteiger partial charge on any atom is 0.239 e. The van der Waals surface area contributed by atoms with E-state index in [-0.39, 0.29) is 22.3 Å². The number of rotatable bonds is 4. The Hall–Kier alpha value is -2.75. The van der Waals surface area contributed by atoms with Crippen molar-refractivity contribution in [2.75, 3.05) is 6.61 Å². The average Bonchev–Trinajstić information content (AvgIpc) is 2.54. The van der Waals surface area contributed by atoms with Crippen molar-refractivity contribution in [3.8, 4) is 22.8 Å². The van der Waals surface area contributed by atoms with Crippen molar-refractivity contribution in [1.82, 2.24) is 0 Å². The first-order valence-electron chi connectivity index (χ1n) is 7.19. The van der Waals surface area contributed by atoms with E-state index >= 15 is 0 Å². The van der Waals surface area contributed by atoms with Gasteiger partial charge in [0, 0.05) is 5.56 Å². The average molecular weight is 296 g/mol. The fourth-order valence-corrected chi connectivity index (χ4v) is 2.32. The van der Waals surface area contributed by atoms with Crippen LogP contribution in [0.4, 0.5) is 0 Å². The highest BCUT2D eigenvalue weighted by Gasteiger charge is 2.19. The third-order valence-electron chi connectivity index (χ3n) is 3.34. The molecule has 0 aliphatic carbocycles. The first-order valence-corrected chi connectivity index (χ1v) is 7.19. The third-order valence-corrected chi connectivity index (χ3v) is 3.34. The van der Waals surface area contributed by atoms with Crippen molar-refractivity contribution in [2.45, 2.75) is 13.3 Å². The highest BCUT2D eigenvalue weighted by atomic mass is 16.5. The van der Waals surface area contributed by atoms with E-state index in [4.69, 9.17) is 9.15 Å². The van der Waals surface area contributed by atoms with Gasteiger partial charge in [-0.25, -0.2) is 0 Å². The molecule has 1 aromatic heterocycles. The Labute approximate surface area is 127 Å². The summed E-state index contributed by atoms with van der Waals surface area (Å²) in [6.07, 6.45) is 0.770. The number of hydrogen-bond acceptors (Lipinski definition) is 4. The predicted molar refractivity (Wildman–Crippen MR) is 85.4 cm³/mol. The van der Waals surface area contributed by atoms with Crippen LogP contribution in [0.1, 0.15) is 13.3 Å². The van der Waals surface area contributed by atoms with E-state index in [2.05, 4.69) is 0 Å². The van der Waals surface area contributed by atoms with Crippen molar-refractivity contribution in [3.63, 3.8) is 0 Å². The molecule has 3 rings (SSSR count). The van der Waals surface area contributed by atoms with Crippen LogP contribution in [0, 0.1) is 0 Å². The van der Waals surface area contributed by atoms with Gasteiger partial charge in [0.05, 0.1) is 6.61 Å². The SMILES string of the molecule is CCCOc1c(-c2ccccc2)oc2cccc(O)c2c1=O. The molecule has 0 amide bonds. The Kier molecular flexibility index (Phi) is 3.83. The molecule has 22 heavy (non-hydrogen) atoms. The molecule has 2 aromatic carbocycles. The fourth-order valence-electron chi connectivity index (χ4n) is 2.32. The molecule has 0 fully saturated rings. The van der Waals surface area contributed by atoms with Crippen LogP contribution in [0.3, 0.4) is 0 Å². The van der Waals surface area contributed by atoms with Crippen LogP contribution in [0.2, 0.25) is 0 Å². The minimum absolute atomic E-state index is 0.104. The number of ether oxygens (including phenoxy) is 1. The van der Waals surface area contributed by atoms with Crippen LogP contribution in [0.25, 0.3) is 22.3 Å². The standard InChI is InChI=1S/C18H16O4/c1-2-11-21-18-16(20)15-13(19)9-6-10-14(15)22-17(18)12-7-4-3-5-8-12/h3-10,19H,2,11H2,1H3. The molecule has 0 spiro atoms. The van der Waals surface area contributed by atoms with Crippen LogP contribution in [-0.4, -0.2) is 11.7 Å². The van der Waals surface area contributed by atoms with Gasteiger partial charge in [-0.2, -0.15) is 0 Å². The van der Waals surface area contributed by atoms with Crippen molar-refractivity contribution < 1.29 is 14.3 Å². The van der Waals surface area contributed by atoms with Crippen LogP contribution in [0.15, 0.2) is 57.7 Å². The summed E-state index contributed by atoms with van der Waals surface area (Å²) in [6, 6.07) is 14.1. The second kappa shape index (κ2) is 5.93. The van der Waals surface area contributed by atoms with Gasteiger partial charge < -0.3 is 14.3 Å². The zero-order valence-corrected chi connectivity index (χ0v) is 12.2. The second-order valence-electron chi connectivity index (χ2n) is 4.95. The van der Waals surface area contributed by atoms with Gasteiger partial charge >= 0.3 is 0 Å². The summed E-state index contributed by atoms with van der Waals surface area (Å²) in [6.45, 7) is 2.37. The molecular formula is C18H16O4. The summed E-state index contributed by atoms with van der Waals surface area (Å²) in [7, 11) is 0. The van der Waals surface area contributed by atoms with E-state index in [1.165, 1.54) is 6.07 Å². The highest BCUT2D eigenvalue weighted by molar-refractivity contribution is 5.86. The Morgan fingerprint density at radius 3 is 2.59 bits per heavy atom. The van der Waals surface area contributed by atoms with Crippen LogP contribution in [-0.2, 0) is 0 Å². The van der Waals surface area contributed by atoms with Crippen LogP contribution >= 0.6 is 0 Å². The molecule has 0 radical (unpaired) electrons. The minimum Gasteiger partial charge on any atom is -0.507 e. The van der Waals surface area contributed by atoms with Crippen molar-refractivity contribution in [3.05, 3.63) is 58.8 Å². The van der Waals surface area contributed by atoms with E-state index < -0.39 is 0 Å². The second-order valence-corrected chi connectivity index (χ2v) is 4.95. The Morgan fingerprint density at radius 2 is 1.86 bits per heavy atom. The molecule has 0 unspecified atom stereocenters. The van der Waals surface area contributed by atoms with Crippen molar-refractivity contribution in [2.24, 2.45) is 0 Å². The molecule has 0 aliphatic rings. The molecule has 4 heteroatoms. The quantitative estimate of drug-likeness (QED) is 0.791. The third kappa shape index (κ3) is 2.44. The molecule has 0 atom stereocenters. The van der Waals surface area contributed by atoms with Crippen LogP contribution < -0.4 is 10.2 Å². The largest absolute Gasteiger partial charge is 0.507 e. The Balaban J connectivity index is 2.32. The molecular weight excluding hydrogens is 280 g/mol. The van der Waals surface area contributed by atoms with Gasteiger partial charge in [-0.3, -0.25) is 4.79 Å².